The zero-order valence-electron chi connectivity index (χ0n) is 40.1. The Balaban J connectivity index is 0.000000699. The fourth-order valence-corrected chi connectivity index (χ4v) is 6.81. The van der Waals surface area contributed by atoms with Crippen molar-refractivity contribution in [2.45, 2.75) is 115 Å². The highest BCUT2D eigenvalue weighted by atomic mass is 35.6. The molecule has 0 saturated heterocycles. The first-order chi connectivity index (χ1) is 31.4. The topological polar surface area (TPSA) is 187 Å². The molecular formula is C48H66Cl6O14. The molecule has 20 heteroatoms. The first kappa shape index (κ1) is 63.1. The lowest BCUT2D eigenvalue weighted by Gasteiger charge is -2.35. The zero-order chi connectivity index (χ0) is 52.0. The van der Waals surface area contributed by atoms with Crippen LogP contribution in [0, 0.1) is 40.4 Å². The molecule has 7 atom stereocenters. The molecule has 0 aliphatic rings. The van der Waals surface area contributed by atoms with Gasteiger partial charge in [0, 0.05) is 11.8 Å². The smallest absolute Gasteiger partial charge is 0.465 e. The van der Waals surface area contributed by atoms with Crippen LogP contribution < -0.4 is 0 Å². The number of aliphatic hydroxyl groups is 1. The number of hydrogen-bond donors (Lipinski definition) is 1. The summed E-state index contributed by atoms with van der Waals surface area (Å²) in [5.41, 5.74) is -0.649. The number of carbonyl (C=O) groups is 6. The highest BCUT2D eigenvalue weighted by Gasteiger charge is 2.44. The van der Waals surface area contributed by atoms with Crippen LogP contribution in [-0.4, -0.2) is 100 Å². The number of hydrogen-bond acceptors (Lipinski definition) is 14. The Hall–Kier alpha value is -2.92. The highest BCUT2D eigenvalue weighted by Crippen LogP contribution is 2.34. The number of aliphatic hydroxyl groups excluding tert-OH is 1. The third kappa shape index (κ3) is 24.8. The zero-order valence-corrected chi connectivity index (χ0v) is 44.7. The second-order valence-electron chi connectivity index (χ2n) is 18.1. The number of alkyl halides is 6. The van der Waals surface area contributed by atoms with Crippen LogP contribution in [-0.2, 0) is 65.5 Å². The number of carbonyl (C=O) groups excluding carboxylic acids is 6. The molecule has 1 N–H and O–H groups in total. The second kappa shape index (κ2) is 30.1. The van der Waals surface area contributed by atoms with Crippen molar-refractivity contribution in [1.29, 1.82) is 0 Å². The number of ether oxygens (including phenoxy) is 7. The van der Waals surface area contributed by atoms with E-state index in [1.54, 1.807) is 27.7 Å². The third-order valence-corrected chi connectivity index (χ3v) is 11.1. The maximum absolute atomic E-state index is 13.5. The summed E-state index contributed by atoms with van der Waals surface area (Å²) >= 11 is 33.7. The molecule has 0 saturated carbocycles. The lowest BCUT2D eigenvalue weighted by atomic mass is 9.73. The summed E-state index contributed by atoms with van der Waals surface area (Å²) in [4.78, 5) is 74.3. The molecule has 384 valence electrons. The number of halogens is 6. The van der Waals surface area contributed by atoms with E-state index >= 15 is 0 Å². The molecule has 0 aliphatic carbocycles. The highest BCUT2D eigenvalue weighted by molar-refractivity contribution is 6.68. The number of rotatable bonds is 26. The predicted octanol–water partition coefficient (Wildman–Crippen LogP) is 11.1. The molecule has 0 aliphatic heterocycles. The quantitative estimate of drug-likeness (QED) is 0.0308. The monoisotopic (exact) mass is 1080 g/mol. The largest absolute Gasteiger partial charge is 0.508 e. The van der Waals surface area contributed by atoms with Crippen molar-refractivity contribution in [2.24, 2.45) is 40.4 Å². The molecule has 14 nitrogen and oxygen atoms in total. The molecule has 0 heterocycles. The van der Waals surface area contributed by atoms with Crippen molar-refractivity contribution in [2.75, 3.05) is 33.0 Å². The molecule has 0 aromatic heterocycles. The summed E-state index contributed by atoms with van der Waals surface area (Å²) < 4.78 is 33.6. The SMILES string of the molecule is CC(C)COC(=O)CC(O)C(C)(C)C(=O)[C@H](C)[C@@H](OC(=O)OCC(Cl)(Cl)Cl)[C@@H](C)COCc1ccccc1.C[C@@H](COCc1ccccc1)[C@H](OC(=O)OCC(Cl)(Cl)Cl)[C@@H](C)C(=O)C(C)(C)C=O. The Kier molecular flexibility index (Phi) is 27.9. The standard InChI is InChI=1S/C27H39Cl3O8.C21H27Cl3O6/c1-17(2)13-36-22(32)12-21(31)26(5,6)24(33)19(4)23(38-25(34)37-16-27(28,29)30)18(3)14-35-15-20-10-8-7-9-11-20;1-14(10-28-11-16-8-6-5-7-9-16)17(15(2)18(26)20(3,4)12-25)30-19(27)29-13-21(22,23)24/h7-11,17-19,21,23,31H,12-16H2,1-6H3;5-9,12,14-15,17H,10-11,13H2,1-4H3/t18-,19+,21?,23-;14-,15+,17-/m00/s1. The molecule has 0 bridgehead atoms. The van der Waals surface area contributed by atoms with Gasteiger partial charge in [0.25, 0.3) is 0 Å². The van der Waals surface area contributed by atoms with Crippen LogP contribution in [0.2, 0.25) is 0 Å². The van der Waals surface area contributed by atoms with E-state index in [2.05, 4.69) is 0 Å². The first-order valence-electron chi connectivity index (χ1n) is 21.8. The molecule has 1 unspecified atom stereocenters. The van der Waals surface area contributed by atoms with Crippen molar-refractivity contribution < 1.29 is 67.0 Å². The number of aldehydes is 1. The van der Waals surface area contributed by atoms with E-state index in [0.29, 0.717) is 19.5 Å². The average molecular weight is 1080 g/mol. The minimum absolute atomic E-state index is 0.135. The van der Waals surface area contributed by atoms with Gasteiger partial charge >= 0.3 is 18.3 Å². The molecule has 68 heavy (non-hydrogen) atoms. The summed E-state index contributed by atoms with van der Waals surface area (Å²) in [7, 11) is 0. The van der Waals surface area contributed by atoms with Gasteiger partial charge in [-0.2, -0.15) is 0 Å². The maximum Gasteiger partial charge on any atom is 0.508 e. The number of esters is 1. The summed E-state index contributed by atoms with van der Waals surface area (Å²) in [5, 5.41) is 10.8. The third-order valence-electron chi connectivity index (χ3n) is 10.4. The predicted molar refractivity (Wildman–Crippen MR) is 262 cm³/mol. The molecule has 0 fully saturated rings. The fraction of sp³-hybridized carbons (Fsp3) is 0.625. The van der Waals surface area contributed by atoms with Gasteiger partial charge in [0.1, 0.15) is 37.5 Å². The molecule has 0 amide bonds. The van der Waals surface area contributed by atoms with Gasteiger partial charge in [-0.25, -0.2) is 9.59 Å². The van der Waals surface area contributed by atoms with E-state index < -0.39 is 91.8 Å². The van der Waals surface area contributed by atoms with Gasteiger partial charge in [0.2, 0.25) is 7.59 Å². The van der Waals surface area contributed by atoms with Gasteiger partial charge in [-0.1, -0.05) is 186 Å². The maximum atomic E-state index is 13.5. The lowest BCUT2D eigenvalue weighted by Crippen LogP contribution is -2.47. The van der Waals surface area contributed by atoms with Crippen LogP contribution in [0.25, 0.3) is 0 Å². The molecule has 2 aromatic carbocycles. The van der Waals surface area contributed by atoms with E-state index in [4.69, 9.17) is 103 Å². The van der Waals surface area contributed by atoms with E-state index in [0.717, 1.165) is 11.1 Å². The molecule has 2 aromatic rings. The lowest BCUT2D eigenvalue weighted by molar-refractivity contribution is -0.152. The van der Waals surface area contributed by atoms with Crippen LogP contribution in [0.5, 0.6) is 0 Å². The van der Waals surface area contributed by atoms with Gasteiger partial charge in [-0.3, -0.25) is 14.4 Å². The van der Waals surface area contributed by atoms with Crippen LogP contribution in [0.3, 0.4) is 0 Å². The summed E-state index contributed by atoms with van der Waals surface area (Å²) in [6.45, 7) is 16.7. The molecule has 2 rings (SSSR count). The van der Waals surface area contributed by atoms with Crippen LogP contribution in [0.1, 0.15) is 86.8 Å². The van der Waals surface area contributed by atoms with Crippen molar-refractivity contribution >= 4 is 106 Å². The fourth-order valence-electron chi connectivity index (χ4n) is 6.48. The number of benzene rings is 2. The Morgan fingerprint density at radius 2 is 0.971 bits per heavy atom. The van der Waals surface area contributed by atoms with Crippen molar-refractivity contribution in [3.8, 4) is 0 Å². The Morgan fingerprint density at radius 1 is 0.588 bits per heavy atom. The van der Waals surface area contributed by atoms with E-state index in [1.807, 2.05) is 74.5 Å². The second-order valence-corrected chi connectivity index (χ2v) is 23.1. The minimum Gasteiger partial charge on any atom is -0.465 e. The Labute approximate surface area is 430 Å². The number of ketones is 2. The van der Waals surface area contributed by atoms with Gasteiger partial charge in [-0.05, 0) is 30.9 Å². The first-order valence-corrected chi connectivity index (χ1v) is 24.1. The number of Topliss-reactive ketones (excluding diaryl/α,β-unsaturated/α-hetero) is 2. The summed E-state index contributed by atoms with van der Waals surface area (Å²) in [6, 6.07) is 19.0. The van der Waals surface area contributed by atoms with Crippen molar-refractivity contribution in [3.63, 3.8) is 0 Å². The van der Waals surface area contributed by atoms with Crippen LogP contribution in [0.4, 0.5) is 9.59 Å². The average Bonchev–Trinajstić information content (AvgIpc) is 3.27. The van der Waals surface area contributed by atoms with Gasteiger partial charge < -0.3 is 43.1 Å². The van der Waals surface area contributed by atoms with Gasteiger partial charge in [0.15, 0.2) is 5.78 Å². The van der Waals surface area contributed by atoms with Crippen molar-refractivity contribution in [1.82, 2.24) is 0 Å². The van der Waals surface area contributed by atoms with Crippen LogP contribution in [0.15, 0.2) is 60.7 Å². The normalized spacial score (nSPS) is 15.2. The van der Waals surface area contributed by atoms with E-state index in [-0.39, 0.29) is 43.9 Å². The Morgan fingerprint density at radius 3 is 1.32 bits per heavy atom. The van der Waals surface area contributed by atoms with Gasteiger partial charge in [0.05, 0.1) is 68.2 Å². The van der Waals surface area contributed by atoms with E-state index in [1.165, 1.54) is 27.7 Å². The molecule has 0 radical (unpaired) electrons. The summed E-state index contributed by atoms with van der Waals surface area (Å²) in [5.74, 6) is -3.79. The van der Waals surface area contributed by atoms with Crippen molar-refractivity contribution in [3.05, 3.63) is 71.8 Å². The van der Waals surface area contributed by atoms with Crippen LogP contribution >= 0.6 is 69.6 Å². The van der Waals surface area contributed by atoms with E-state index in [9.17, 15) is 33.9 Å². The summed E-state index contributed by atoms with van der Waals surface area (Å²) in [6.07, 6.45) is -5.21. The Bertz CT molecular complexity index is 1850. The minimum atomic E-state index is -1.84. The van der Waals surface area contributed by atoms with Gasteiger partial charge in [-0.15, -0.1) is 0 Å². The molecular weight excluding hydrogens is 1010 g/mol. The molecule has 0 spiro atoms.